The van der Waals surface area contributed by atoms with Gasteiger partial charge in [-0.25, -0.2) is 0 Å². The molecule has 0 radical (unpaired) electrons. The summed E-state index contributed by atoms with van der Waals surface area (Å²) < 4.78 is 12.8. The Hall–Kier alpha value is -3.97. The largest absolute Gasteiger partial charge is 0.497 e. The molecule has 0 N–H and O–H groups in total. The number of benzene rings is 2. The lowest BCUT2D eigenvalue weighted by Gasteiger charge is -2.06. The minimum Gasteiger partial charge on any atom is -0.497 e. The second kappa shape index (κ2) is 8.28. The quantitative estimate of drug-likeness (QED) is 0.342. The van der Waals surface area contributed by atoms with E-state index in [0.29, 0.717) is 34.3 Å². The van der Waals surface area contributed by atoms with Crippen LogP contribution in [0.25, 0.3) is 22.3 Å². The lowest BCUT2D eigenvalue weighted by Crippen LogP contribution is -2.00. The predicted molar refractivity (Wildman–Crippen MR) is 120 cm³/mol. The third kappa shape index (κ3) is 3.74. The summed E-state index contributed by atoms with van der Waals surface area (Å²) in [5, 5.41) is 5.43. The Bertz CT molecular complexity index is 1410. The van der Waals surface area contributed by atoms with Crippen LogP contribution in [0.2, 0.25) is 5.02 Å². The molecule has 0 atom stereocenters. The molecule has 7 nitrogen and oxygen atoms in total. The first-order valence-corrected chi connectivity index (χ1v) is 10.2. The summed E-state index contributed by atoms with van der Waals surface area (Å²) in [6.45, 7) is 0.578. The lowest BCUT2D eigenvalue weighted by molar-refractivity contribution is 0.100. The van der Waals surface area contributed by atoms with Crippen molar-refractivity contribution >= 4 is 28.3 Å². The molecule has 5 aromatic rings. The molecule has 8 heteroatoms. The predicted octanol–water partition coefficient (Wildman–Crippen LogP) is 5.03. The van der Waals surface area contributed by atoms with Crippen LogP contribution < -0.4 is 4.74 Å². The van der Waals surface area contributed by atoms with Gasteiger partial charge in [0.25, 0.3) is 0 Å². The van der Waals surface area contributed by atoms with E-state index in [9.17, 15) is 4.79 Å². The number of ether oxygens (including phenoxy) is 1. The zero-order valence-electron chi connectivity index (χ0n) is 17.0. The third-order valence-electron chi connectivity index (χ3n) is 5.16. The van der Waals surface area contributed by atoms with Crippen molar-refractivity contribution in [3.8, 4) is 17.1 Å². The van der Waals surface area contributed by atoms with Crippen molar-refractivity contribution in [1.82, 2.24) is 19.7 Å². The fourth-order valence-corrected chi connectivity index (χ4v) is 3.69. The average Bonchev–Trinajstić information content (AvgIpc) is 3.46. The van der Waals surface area contributed by atoms with E-state index in [-0.39, 0.29) is 11.5 Å². The molecular weight excluding hydrogens is 428 g/mol. The molecule has 0 saturated carbocycles. The molecule has 0 saturated heterocycles. The molecule has 0 aliphatic carbocycles. The normalized spacial score (nSPS) is 11.1. The summed E-state index contributed by atoms with van der Waals surface area (Å²) in [6, 6.07) is 14.9. The highest BCUT2D eigenvalue weighted by atomic mass is 35.5. The Morgan fingerprint density at radius 1 is 1.09 bits per heavy atom. The molecule has 0 bridgehead atoms. The molecule has 0 fully saturated rings. The van der Waals surface area contributed by atoms with Gasteiger partial charge in [-0.1, -0.05) is 28.9 Å². The number of halogens is 1. The van der Waals surface area contributed by atoms with E-state index >= 15 is 0 Å². The van der Waals surface area contributed by atoms with E-state index in [0.717, 1.165) is 16.5 Å². The van der Waals surface area contributed by atoms with Gasteiger partial charge in [0.2, 0.25) is 11.5 Å². The van der Waals surface area contributed by atoms with Crippen LogP contribution in [0, 0.1) is 0 Å². The van der Waals surface area contributed by atoms with Gasteiger partial charge in [-0.15, -0.1) is 0 Å². The first-order chi connectivity index (χ1) is 15.6. The van der Waals surface area contributed by atoms with Crippen LogP contribution in [-0.4, -0.2) is 32.6 Å². The minimum absolute atomic E-state index is 0.124. The highest BCUT2D eigenvalue weighted by Gasteiger charge is 2.22. The molecule has 0 unspecified atom stereocenters. The Balaban J connectivity index is 1.56. The maximum absolute atomic E-state index is 13.4. The number of carbonyl (C=O) groups excluding carboxylic acids is 1. The maximum Gasteiger partial charge on any atom is 0.233 e. The van der Waals surface area contributed by atoms with Crippen LogP contribution >= 0.6 is 11.6 Å². The zero-order chi connectivity index (χ0) is 22.1. The summed E-state index contributed by atoms with van der Waals surface area (Å²) >= 11 is 6.01. The lowest BCUT2D eigenvalue weighted by atomic mass is 10.1. The van der Waals surface area contributed by atoms with Gasteiger partial charge in [-0.05, 0) is 35.9 Å². The molecule has 32 heavy (non-hydrogen) atoms. The second-order valence-corrected chi connectivity index (χ2v) is 7.61. The van der Waals surface area contributed by atoms with Crippen LogP contribution in [-0.2, 0) is 6.54 Å². The third-order valence-corrected chi connectivity index (χ3v) is 5.41. The number of hydrogen-bond donors (Lipinski definition) is 0. The van der Waals surface area contributed by atoms with E-state index < -0.39 is 0 Å². The Kier molecular flexibility index (Phi) is 5.17. The summed E-state index contributed by atoms with van der Waals surface area (Å²) in [4.78, 5) is 21.6. The molecular formula is C24H17ClN4O3. The van der Waals surface area contributed by atoms with Gasteiger partial charge in [0.05, 0.1) is 18.9 Å². The summed E-state index contributed by atoms with van der Waals surface area (Å²) in [5.74, 6) is 0.508. The number of carbonyl (C=O) groups is 1. The van der Waals surface area contributed by atoms with Crippen LogP contribution in [0.1, 0.15) is 21.7 Å². The molecule has 3 aromatic heterocycles. The van der Waals surface area contributed by atoms with E-state index in [1.165, 1.54) is 0 Å². The van der Waals surface area contributed by atoms with Gasteiger partial charge in [0, 0.05) is 47.1 Å². The van der Waals surface area contributed by atoms with Gasteiger partial charge >= 0.3 is 0 Å². The average molecular weight is 445 g/mol. The molecule has 0 aliphatic rings. The molecule has 0 spiro atoms. The SMILES string of the molecule is COc1ccc2c(c1)c(C(=O)c1cc(-c3cnccn3)no1)cn2Cc1ccc(Cl)cc1. The van der Waals surface area contributed by atoms with Crippen LogP contribution in [0.15, 0.2) is 77.8 Å². The van der Waals surface area contributed by atoms with Crippen LogP contribution in [0.4, 0.5) is 0 Å². The number of aromatic nitrogens is 4. The first kappa shape index (κ1) is 20.0. The molecule has 2 aromatic carbocycles. The topological polar surface area (TPSA) is 83.0 Å². The Labute approximate surface area is 188 Å². The summed E-state index contributed by atoms with van der Waals surface area (Å²) in [5.41, 5.74) is 3.43. The number of nitrogens with zero attached hydrogens (tertiary/aromatic N) is 4. The van der Waals surface area contributed by atoms with Crippen molar-refractivity contribution in [1.29, 1.82) is 0 Å². The monoisotopic (exact) mass is 444 g/mol. The zero-order valence-corrected chi connectivity index (χ0v) is 17.8. The van der Waals surface area contributed by atoms with Crippen molar-refractivity contribution in [2.45, 2.75) is 6.54 Å². The standard InChI is InChI=1S/C24H17ClN4O3/c1-31-17-6-7-22-18(10-17)19(14-29(22)13-15-2-4-16(25)5-3-15)24(30)23-11-20(28-32-23)21-12-26-8-9-27-21/h2-12,14H,13H2,1H3. The highest BCUT2D eigenvalue weighted by molar-refractivity contribution is 6.30. The van der Waals surface area contributed by atoms with Crippen molar-refractivity contribution in [2.75, 3.05) is 7.11 Å². The van der Waals surface area contributed by atoms with E-state index in [2.05, 4.69) is 15.1 Å². The van der Waals surface area contributed by atoms with Gasteiger partial charge in [-0.2, -0.15) is 0 Å². The van der Waals surface area contributed by atoms with Crippen LogP contribution in [0.5, 0.6) is 5.75 Å². The number of methoxy groups -OCH3 is 1. The smallest absolute Gasteiger partial charge is 0.233 e. The van der Waals surface area contributed by atoms with E-state index in [4.69, 9.17) is 20.9 Å². The number of fused-ring (bicyclic) bond motifs is 1. The van der Waals surface area contributed by atoms with Crippen molar-refractivity contribution in [3.05, 3.63) is 95.2 Å². The number of hydrogen-bond acceptors (Lipinski definition) is 6. The molecule has 3 heterocycles. The van der Waals surface area contributed by atoms with Gasteiger partial charge in [0.15, 0.2) is 0 Å². The first-order valence-electron chi connectivity index (χ1n) is 9.81. The molecule has 0 amide bonds. The van der Waals surface area contributed by atoms with Crippen molar-refractivity contribution in [2.24, 2.45) is 0 Å². The van der Waals surface area contributed by atoms with Crippen LogP contribution in [0.3, 0.4) is 0 Å². The maximum atomic E-state index is 13.4. The van der Waals surface area contributed by atoms with Gasteiger partial charge in [-0.3, -0.25) is 14.8 Å². The fraction of sp³-hybridized carbons (Fsp3) is 0.0833. The highest BCUT2D eigenvalue weighted by Crippen LogP contribution is 2.29. The summed E-state index contributed by atoms with van der Waals surface area (Å²) in [7, 11) is 1.59. The molecule has 0 aliphatic heterocycles. The Morgan fingerprint density at radius 3 is 2.69 bits per heavy atom. The second-order valence-electron chi connectivity index (χ2n) is 7.18. The molecule has 5 rings (SSSR count). The molecule has 158 valence electrons. The fourth-order valence-electron chi connectivity index (χ4n) is 3.57. The van der Waals surface area contributed by atoms with Gasteiger partial charge in [0.1, 0.15) is 17.1 Å². The Morgan fingerprint density at radius 2 is 1.94 bits per heavy atom. The van der Waals surface area contributed by atoms with Crippen molar-refractivity contribution < 1.29 is 14.1 Å². The summed E-state index contributed by atoms with van der Waals surface area (Å²) in [6.07, 6.45) is 6.52. The van der Waals surface area contributed by atoms with E-state index in [1.54, 1.807) is 31.8 Å². The van der Waals surface area contributed by atoms with E-state index in [1.807, 2.05) is 53.2 Å². The van der Waals surface area contributed by atoms with Gasteiger partial charge < -0.3 is 13.8 Å². The number of rotatable bonds is 6. The number of ketones is 1. The minimum atomic E-state index is -0.277. The van der Waals surface area contributed by atoms with Crippen molar-refractivity contribution in [3.63, 3.8) is 0 Å².